The monoisotopic (exact) mass is 426 g/mol. The quantitative estimate of drug-likeness (QED) is 0.646. The van der Waals surface area contributed by atoms with Gasteiger partial charge in [-0.25, -0.2) is 4.39 Å². The van der Waals surface area contributed by atoms with Crippen LogP contribution < -0.4 is 5.32 Å². The van der Waals surface area contributed by atoms with Gasteiger partial charge in [0.05, 0.1) is 0 Å². The fourth-order valence-corrected chi connectivity index (χ4v) is 3.36. The van der Waals surface area contributed by atoms with Gasteiger partial charge in [-0.3, -0.25) is 9.59 Å². The molecule has 168 valence electrons. The van der Waals surface area contributed by atoms with Gasteiger partial charge >= 0.3 is 0 Å². The normalized spacial score (nSPS) is 12.5. The van der Waals surface area contributed by atoms with Gasteiger partial charge in [-0.15, -0.1) is 0 Å². The average molecular weight is 427 g/mol. The third-order valence-electron chi connectivity index (χ3n) is 5.34. The van der Waals surface area contributed by atoms with Crippen LogP contribution in [0.1, 0.15) is 64.7 Å². The summed E-state index contributed by atoms with van der Waals surface area (Å²) in [7, 11) is 0. The Balaban J connectivity index is 2.15. The molecule has 2 amide bonds. The minimum atomic E-state index is -0.697. The summed E-state index contributed by atoms with van der Waals surface area (Å²) < 4.78 is 14.2. The van der Waals surface area contributed by atoms with Gasteiger partial charge in [-0.05, 0) is 49.8 Å². The maximum Gasteiger partial charge on any atom is 0.242 e. The number of aryl methyl sites for hydroxylation is 1. The maximum absolute atomic E-state index is 14.2. The van der Waals surface area contributed by atoms with Crippen molar-refractivity contribution in [3.63, 3.8) is 0 Å². The molecular weight excluding hydrogens is 391 g/mol. The van der Waals surface area contributed by atoms with Crippen LogP contribution >= 0.6 is 0 Å². The molecule has 0 aromatic heterocycles. The van der Waals surface area contributed by atoms with E-state index in [4.69, 9.17) is 0 Å². The molecule has 0 aliphatic carbocycles. The zero-order valence-electron chi connectivity index (χ0n) is 19.5. The van der Waals surface area contributed by atoms with Crippen molar-refractivity contribution in [2.45, 2.75) is 78.4 Å². The minimum Gasteiger partial charge on any atom is -0.352 e. The SMILES string of the molecule is CC(C)NC(=O)C(C)N(Cc1ccccc1F)C(=O)CCc1ccc(C(C)(C)C)cc1. The van der Waals surface area contributed by atoms with Crippen molar-refractivity contribution in [1.29, 1.82) is 0 Å². The Morgan fingerprint density at radius 1 is 1.00 bits per heavy atom. The number of hydrogen-bond donors (Lipinski definition) is 1. The molecule has 1 unspecified atom stereocenters. The highest BCUT2D eigenvalue weighted by molar-refractivity contribution is 5.87. The van der Waals surface area contributed by atoms with Crippen molar-refractivity contribution in [3.8, 4) is 0 Å². The van der Waals surface area contributed by atoms with Gasteiger partial charge in [0.2, 0.25) is 11.8 Å². The van der Waals surface area contributed by atoms with E-state index in [0.29, 0.717) is 12.0 Å². The number of nitrogens with one attached hydrogen (secondary N) is 1. The van der Waals surface area contributed by atoms with E-state index >= 15 is 0 Å². The van der Waals surface area contributed by atoms with Crippen LogP contribution in [-0.2, 0) is 28.0 Å². The summed E-state index contributed by atoms with van der Waals surface area (Å²) in [6.45, 7) is 12.0. The second-order valence-corrected chi connectivity index (χ2v) is 9.40. The van der Waals surface area contributed by atoms with Crippen LogP contribution in [0.3, 0.4) is 0 Å². The van der Waals surface area contributed by atoms with Crippen molar-refractivity contribution in [1.82, 2.24) is 10.2 Å². The summed E-state index contributed by atoms with van der Waals surface area (Å²) in [5.41, 5.74) is 2.77. The molecule has 0 bridgehead atoms. The molecule has 2 rings (SSSR count). The third kappa shape index (κ3) is 7.20. The van der Waals surface area contributed by atoms with Crippen molar-refractivity contribution in [3.05, 3.63) is 71.0 Å². The molecule has 0 radical (unpaired) electrons. The maximum atomic E-state index is 14.2. The summed E-state index contributed by atoms with van der Waals surface area (Å²) >= 11 is 0. The first-order valence-electron chi connectivity index (χ1n) is 10.9. The largest absolute Gasteiger partial charge is 0.352 e. The van der Waals surface area contributed by atoms with E-state index in [1.54, 1.807) is 25.1 Å². The number of rotatable bonds is 8. The predicted molar refractivity (Wildman–Crippen MR) is 123 cm³/mol. The lowest BCUT2D eigenvalue weighted by Gasteiger charge is -2.29. The second-order valence-electron chi connectivity index (χ2n) is 9.40. The number of carbonyl (C=O) groups excluding carboxylic acids is 2. The highest BCUT2D eigenvalue weighted by atomic mass is 19.1. The van der Waals surface area contributed by atoms with E-state index in [-0.39, 0.29) is 42.1 Å². The van der Waals surface area contributed by atoms with Crippen LogP contribution in [0.15, 0.2) is 48.5 Å². The minimum absolute atomic E-state index is 0.0401. The van der Waals surface area contributed by atoms with Gasteiger partial charge in [-0.2, -0.15) is 0 Å². The molecule has 2 aromatic carbocycles. The number of amides is 2. The van der Waals surface area contributed by atoms with E-state index in [1.165, 1.54) is 16.5 Å². The average Bonchev–Trinajstić information content (AvgIpc) is 2.70. The number of benzene rings is 2. The molecule has 1 N–H and O–H groups in total. The van der Waals surface area contributed by atoms with E-state index < -0.39 is 6.04 Å². The Bertz CT molecular complexity index is 885. The first kappa shape index (κ1) is 24.6. The second kappa shape index (κ2) is 10.6. The zero-order chi connectivity index (χ0) is 23.2. The fourth-order valence-electron chi connectivity index (χ4n) is 3.36. The van der Waals surface area contributed by atoms with Gasteiger partial charge in [0.15, 0.2) is 0 Å². The molecular formula is C26H35FN2O2. The number of hydrogen-bond acceptors (Lipinski definition) is 2. The van der Waals surface area contributed by atoms with Crippen LogP contribution in [0, 0.1) is 5.82 Å². The van der Waals surface area contributed by atoms with E-state index in [9.17, 15) is 14.0 Å². The molecule has 5 heteroatoms. The lowest BCUT2D eigenvalue weighted by molar-refractivity contribution is -0.140. The highest BCUT2D eigenvalue weighted by Gasteiger charge is 2.27. The Morgan fingerprint density at radius 3 is 2.16 bits per heavy atom. The highest BCUT2D eigenvalue weighted by Crippen LogP contribution is 2.23. The molecule has 0 saturated heterocycles. The van der Waals surface area contributed by atoms with E-state index in [1.807, 2.05) is 26.0 Å². The molecule has 0 saturated carbocycles. The molecule has 2 aromatic rings. The molecule has 0 aliphatic heterocycles. The first-order valence-corrected chi connectivity index (χ1v) is 10.9. The Morgan fingerprint density at radius 2 is 1.61 bits per heavy atom. The molecule has 1 atom stereocenters. The van der Waals surface area contributed by atoms with Crippen LogP contribution in [0.2, 0.25) is 0 Å². The van der Waals surface area contributed by atoms with Crippen LogP contribution in [0.25, 0.3) is 0 Å². The summed E-state index contributed by atoms with van der Waals surface area (Å²) in [4.78, 5) is 27.2. The Hall–Kier alpha value is -2.69. The first-order chi connectivity index (χ1) is 14.5. The van der Waals surface area contributed by atoms with Crippen LogP contribution in [0.4, 0.5) is 4.39 Å². The van der Waals surface area contributed by atoms with Crippen LogP contribution in [-0.4, -0.2) is 28.8 Å². The summed E-state index contributed by atoms with van der Waals surface area (Å²) in [5, 5.41) is 2.85. The summed E-state index contributed by atoms with van der Waals surface area (Å²) in [5.74, 6) is -0.793. The van der Waals surface area contributed by atoms with Crippen LogP contribution in [0.5, 0.6) is 0 Å². The van der Waals surface area contributed by atoms with E-state index in [0.717, 1.165) is 5.56 Å². The molecule has 0 aliphatic rings. The van der Waals surface area contributed by atoms with Crippen molar-refractivity contribution < 1.29 is 14.0 Å². The Labute approximate surface area is 185 Å². The fraction of sp³-hybridized carbons (Fsp3) is 0.462. The van der Waals surface area contributed by atoms with Crippen molar-refractivity contribution in [2.75, 3.05) is 0 Å². The standard InChI is InChI=1S/C26H35FN2O2/c1-18(2)28-25(31)19(3)29(17-21-9-7-8-10-23(21)27)24(30)16-13-20-11-14-22(15-12-20)26(4,5)6/h7-12,14-15,18-19H,13,16-17H2,1-6H3,(H,28,31). The number of carbonyl (C=O) groups is 2. The van der Waals surface area contributed by atoms with Gasteiger partial charge in [0.1, 0.15) is 11.9 Å². The lowest BCUT2D eigenvalue weighted by Crippen LogP contribution is -2.49. The summed E-state index contributed by atoms with van der Waals surface area (Å²) in [6.07, 6.45) is 0.818. The smallest absolute Gasteiger partial charge is 0.242 e. The molecule has 0 fully saturated rings. The lowest BCUT2D eigenvalue weighted by atomic mass is 9.86. The molecule has 4 nitrogen and oxygen atoms in total. The topological polar surface area (TPSA) is 49.4 Å². The van der Waals surface area contributed by atoms with Crippen molar-refractivity contribution >= 4 is 11.8 Å². The van der Waals surface area contributed by atoms with Gasteiger partial charge in [-0.1, -0.05) is 63.2 Å². The molecule has 0 heterocycles. The number of halogens is 1. The molecule has 31 heavy (non-hydrogen) atoms. The summed E-state index contributed by atoms with van der Waals surface area (Å²) in [6, 6.07) is 13.9. The number of nitrogens with zero attached hydrogens (tertiary/aromatic N) is 1. The Kier molecular flexibility index (Phi) is 8.37. The van der Waals surface area contributed by atoms with Gasteiger partial charge in [0.25, 0.3) is 0 Å². The van der Waals surface area contributed by atoms with Gasteiger partial charge in [0, 0.05) is 24.6 Å². The predicted octanol–water partition coefficient (Wildman–Crippen LogP) is 5.00. The molecule has 0 spiro atoms. The van der Waals surface area contributed by atoms with E-state index in [2.05, 4.69) is 38.2 Å². The van der Waals surface area contributed by atoms with Crippen molar-refractivity contribution in [2.24, 2.45) is 0 Å². The zero-order valence-corrected chi connectivity index (χ0v) is 19.5. The van der Waals surface area contributed by atoms with Gasteiger partial charge < -0.3 is 10.2 Å². The third-order valence-corrected chi connectivity index (χ3v) is 5.34.